The molecule has 6 amide bonds. The second kappa shape index (κ2) is 4.67. The molecule has 0 aromatic heterocycles. The van der Waals surface area contributed by atoms with E-state index < -0.39 is 39.9 Å². The predicted octanol–water partition coefficient (Wildman–Crippen LogP) is -1.76. The molecule has 20 heavy (non-hydrogen) atoms. The van der Waals surface area contributed by atoms with Crippen LogP contribution in [0.1, 0.15) is 25.7 Å². The fraction of sp³-hybridized carbons (Fsp3) is 0.444. The largest absolute Gasteiger partial charge is 0.346 e. The van der Waals surface area contributed by atoms with Gasteiger partial charge in [-0.15, -0.1) is 0 Å². The highest BCUT2D eigenvalue weighted by molar-refractivity contribution is 7.88. The molecule has 10 nitrogen and oxygen atoms in total. The van der Waals surface area contributed by atoms with Gasteiger partial charge >= 0.3 is 16.2 Å². The fourth-order valence-electron chi connectivity index (χ4n) is 1.83. The second-order valence-corrected chi connectivity index (χ2v) is 5.61. The Morgan fingerprint density at radius 2 is 1.25 bits per heavy atom. The van der Waals surface area contributed by atoms with E-state index in [-0.39, 0.29) is 34.9 Å². The zero-order valence-electron chi connectivity index (χ0n) is 9.99. The van der Waals surface area contributed by atoms with Gasteiger partial charge in [0.2, 0.25) is 23.6 Å². The Balaban J connectivity index is 2.18. The molecule has 0 atom stereocenters. The van der Waals surface area contributed by atoms with E-state index in [9.17, 15) is 32.4 Å². The molecule has 2 aliphatic heterocycles. The number of carbonyl (C=O) groups excluding carboxylic acids is 5. The molecule has 0 unspecified atom stereocenters. The molecule has 11 heteroatoms. The summed E-state index contributed by atoms with van der Waals surface area (Å²) in [5.74, 6) is -3.65. The van der Waals surface area contributed by atoms with Crippen molar-refractivity contribution in [1.82, 2.24) is 13.9 Å². The molecule has 0 radical (unpaired) electrons. The van der Waals surface area contributed by atoms with Gasteiger partial charge in [-0.1, -0.05) is 0 Å². The van der Waals surface area contributed by atoms with Crippen LogP contribution < -0.4 is 4.72 Å². The molecule has 2 rings (SSSR count). The van der Waals surface area contributed by atoms with Crippen molar-refractivity contribution in [2.24, 2.45) is 0 Å². The first-order valence-corrected chi connectivity index (χ1v) is 6.96. The minimum atomic E-state index is -4.75. The molecule has 2 saturated heterocycles. The fourth-order valence-corrected chi connectivity index (χ4v) is 2.95. The first-order valence-electron chi connectivity index (χ1n) is 5.52. The maximum absolute atomic E-state index is 11.7. The first kappa shape index (κ1) is 14.1. The summed E-state index contributed by atoms with van der Waals surface area (Å²) in [6.45, 7) is 0. The van der Waals surface area contributed by atoms with Gasteiger partial charge in [0.1, 0.15) is 0 Å². The van der Waals surface area contributed by atoms with Crippen LogP contribution in [0.25, 0.3) is 0 Å². The number of nitrogens with zero attached hydrogens (tertiary/aromatic N) is 2. The van der Waals surface area contributed by atoms with Gasteiger partial charge < -0.3 is 0 Å². The molecule has 108 valence electrons. The van der Waals surface area contributed by atoms with E-state index >= 15 is 0 Å². The van der Waals surface area contributed by atoms with Crippen molar-refractivity contribution in [3.63, 3.8) is 0 Å². The molecule has 0 aliphatic carbocycles. The van der Waals surface area contributed by atoms with Crippen molar-refractivity contribution in [1.29, 1.82) is 0 Å². The number of urea groups is 1. The summed E-state index contributed by atoms with van der Waals surface area (Å²) in [5, 5.41) is 0. The molecular weight excluding hydrogens is 294 g/mol. The molecule has 2 aliphatic rings. The average Bonchev–Trinajstić information content (AvgIpc) is 2.82. The highest BCUT2D eigenvalue weighted by atomic mass is 32.2. The van der Waals surface area contributed by atoms with Crippen LogP contribution in [0.15, 0.2) is 0 Å². The third-order valence-electron chi connectivity index (χ3n) is 2.72. The monoisotopic (exact) mass is 303 g/mol. The lowest BCUT2D eigenvalue weighted by atomic mass is 10.4. The van der Waals surface area contributed by atoms with E-state index in [1.807, 2.05) is 0 Å². The maximum atomic E-state index is 11.7. The number of imide groups is 4. The third-order valence-corrected chi connectivity index (χ3v) is 4.04. The average molecular weight is 303 g/mol. The van der Waals surface area contributed by atoms with E-state index in [2.05, 4.69) is 0 Å². The van der Waals surface area contributed by atoms with Crippen LogP contribution in [-0.2, 0) is 29.4 Å². The number of likely N-dealkylation sites (tertiary alicyclic amines) is 1. The summed E-state index contributed by atoms with van der Waals surface area (Å²) in [6, 6.07) is -1.50. The van der Waals surface area contributed by atoms with Gasteiger partial charge in [-0.2, -0.15) is 17.6 Å². The minimum Gasteiger partial charge on any atom is -0.274 e. The van der Waals surface area contributed by atoms with Crippen LogP contribution in [0.4, 0.5) is 4.79 Å². The molecule has 2 fully saturated rings. The summed E-state index contributed by atoms with van der Waals surface area (Å²) in [6.07, 6.45) is -0.966. The van der Waals surface area contributed by atoms with E-state index in [4.69, 9.17) is 0 Å². The zero-order valence-corrected chi connectivity index (χ0v) is 10.8. The van der Waals surface area contributed by atoms with Crippen LogP contribution in [0, 0.1) is 0 Å². The summed E-state index contributed by atoms with van der Waals surface area (Å²) in [7, 11) is -4.75. The van der Waals surface area contributed by atoms with E-state index in [0.717, 1.165) is 0 Å². The Hall–Kier alpha value is -2.30. The van der Waals surface area contributed by atoms with E-state index in [0.29, 0.717) is 0 Å². The summed E-state index contributed by atoms with van der Waals surface area (Å²) >= 11 is 0. The van der Waals surface area contributed by atoms with Crippen LogP contribution in [0.3, 0.4) is 0 Å². The Morgan fingerprint density at radius 3 is 1.70 bits per heavy atom. The van der Waals surface area contributed by atoms with Crippen LogP contribution in [-0.4, -0.2) is 47.3 Å². The van der Waals surface area contributed by atoms with E-state index in [1.165, 1.54) is 4.72 Å². The molecule has 0 bridgehead atoms. The number of nitrogens with one attached hydrogen (secondary N) is 1. The van der Waals surface area contributed by atoms with Gasteiger partial charge in [0, 0.05) is 25.7 Å². The molecule has 0 aromatic carbocycles. The second-order valence-electron chi connectivity index (χ2n) is 4.09. The molecule has 0 saturated carbocycles. The SMILES string of the molecule is O=C1CCC(=O)N1C(=O)NS(=O)(=O)N1C(=O)CCC1=O. The predicted molar refractivity (Wildman–Crippen MR) is 59.6 cm³/mol. The number of hydrogen-bond acceptors (Lipinski definition) is 7. The van der Waals surface area contributed by atoms with Crippen molar-refractivity contribution < 1.29 is 32.4 Å². The van der Waals surface area contributed by atoms with Gasteiger partial charge in [-0.25, -0.2) is 9.52 Å². The zero-order chi connectivity index (χ0) is 15.1. The van der Waals surface area contributed by atoms with E-state index in [1.54, 1.807) is 0 Å². The number of amides is 6. The quantitative estimate of drug-likeness (QED) is 0.596. The Kier molecular flexibility index (Phi) is 3.29. The molecule has 0 aromatic rings. The minimum absolute atomic E-state index is 0.0735. The third kappa shape index (κ3) is 2.27. The smallest absolute Gasteiger partial charge is 0.274 e. The molecule has 1 N–H and O–H groups in total. The molecular formula is C9H9N3O7S. The van der Waals surface area contributed by atoms with Gasteiger partial charge in [-0.05, 0) is 0 Å². The lowest BCUT2D eigenvalue weighted by molar-refractivity contribution is -0.135. The summed E-state index contributed by atoms with van der Waals surface area (Å²) in [4.78, 5) is 56.8. The van der Waals surface area contributed by atoms with Crippen molar-refractivity contribution in [3.05, 3.63) is 0 Å². The highest BCUT2D eigenvalue weighted by Crippen LogP contribution is 2.17. The number of carbonyl (C=O) groups is 5. The van der Waals surface area contributed by atoms with Crippen LogP contribution >= 0.6 is 0 Å². The lowest BCUT2D eigenvalue weighted by Gasteiger charge is -2.17. The summed E-state index contributed by atoms with van der Waals surface area (Å²) < 4.78 is 24.8. The lowest BCUT2D eigenvalue weighted by Crippen LogP contribution is -2.51. The van der Waals surface area contributed by atoms with Gasteiger partial charge in [0.05, 0.1) is 0 Å². The van der Waals surface area contributed by atoms with Crippen molar-refractivity contribution in [2.75, 3.05) is 0 Å². The number of rotatable bonds is 2. The van der Waals surface area contributed by atoms with Crippen molar-refractivity contribution in [2.45, 2.75) is 25.7 Å². The van der Waals surface area contributed by atoms with Gasteiger partial charge in [0.15, 0.2) is 0 Å². The van der Waals surface area contributed by atoms with Crippen molar-refractivity contribution >= 4 is 39.9 Å². The number of hydrogen-bond donors (Lipinski definition) is 1. The Bertz CT molecular complexity index is 606. The normalized spacial score (nSPS) is 20.0. The standard InChI is InChI=1S/C9H9N3O7S/c13-5-1-2-6(14)11(5)9(17)10-20(18,19)12-7(15)3-4-8(12)16/h1-4H2,(H,10,17). The Morgan fingerprint density at radius 1 is 0.850 bits per heavy atom. The Labute approximate surface area is 112 Å². The summed E-state index contributed by atoms with van der Waals surface area (Å²) in [5.41, 5.74) is 0. The van der Waals surface area contributed by atoms with Crippen molar-refractivity contribution in [3.8, 4) is 0 Å². The topological polar surface area (TPSA) is 138 Å². The first-order chi connectivity index (χ1) is 9.24. The van der Waals surface area contributed by atoms with Crippen LogP contribution in [0.2, 0.25) is 0 Å². The van der Waals surface area contributed by atoms with Gasteiger partial charge in [0.25, 0.3) is 0 Å². The highest BCUT2D eigenvalue weighted by Gasteiger charge is 2.42. The molecule has 0 spiro atoms. The molecule has 2 heterocycles. The van der Waals surface area contributed by atoms with Crippen LogP contribution in [0.5, 0.6) is 0 Å². The van der Waals surface area contributed by atoms with Gasteiger partial charge in [-0.3, -0.25) is 19.2 Å². The maximum Gasteiger partial charge on any atom is 0.346 e.